The molecule has 0 aromatic heterocycles. The fraction of sp³-hybridized carbons (Fsp3) is 0.0769. The van der Waals surface area contributed by atoms with E-state index in [1.54, 1.807) is 24.1 Å². The van der Waals surface area contributed by atoms with Crippen molar-refractivity contribution in [3.05, 3.63) is 68.8 Å². The molecule has 7 heteroatoms. The molecular formula is C13H11N3O4. The van der Waals surface area contributed by atoms with E-state index in [9.17, 15) is 20.2 Å². The number of hydrogen-bond acceptors (Lipinski definition) is 5. The zero-order chi connectivity index (χ0) is 14.7. The van der Waals surface area contributed by atoms with E-state index in [0.717, 1.165) is 11.8 Å². The molecule has 0 bridgehead atoms. The Morgan fingerprint density at radius 3 is 2.15 bits per heavy atom. The third-order valence-corrected chi connectivity index (χ3v) is 2.87. The van der Waals surface area contributed by atoms with Crippen molar-refractivity contribution >= 4 is 22.7 Å². The van der Waals surface area contributed by atoms with Gasteiger partial charge in [-0.1, -0.05) is 18.2 Å². The first-order valence-corrected chi connectivity index (χ1v) is 5.72. The standard InChI is InChI=1S/C13H11N3O4/c1-14(10-5-3-2-4-6-10)12-8-7-11(15(17)18)9-13(12)16(19)20/h2-9H,1H3. The number of nitro groups is 2. The molecule has 0 aliphatic carbocycles. The van der Waals surface area contributed by atoms with Gasteiger partial charge in [0.2, 0.25) is 0 Å². The van der Waals surface area contributed by atoms with E-state index >= 15 is 0 Å². The van der Waals surface area contributed by atoms with Crippen LogP contribution < -0.4 is 4.90 Å². The molecule has 0 fully saturated rings. The van der Waals surface area contributed by atoms with Crippen LogP contribution in [0.2, 0.25) is 0 Å². The lowest BCUT2D eigenvalue weighted by atomic mass is 10.2. The number of para-hydroxylation sites is 1. The van der Waals surface area contributed by atoms with E-state index in [2.05, 4.69) is 0 Å². The van der Waals surface area contributed by atoms with Crippen molar-refractivity contribution in [1.29, 1.82) is 0 Å². The first kappa shape index (κ1) is 13.5. The summed E-state index contributed by atoms with van der Waals surface area (Å²) in [5.74, 6) is 0. The second-order valence-electron chi connectivity index (χ2n) is 4.08. The summed E-state index contributed by atoms with van der Waals surface area (Å²) in [6, 6.07) is 12.6. The molecule has 102 valence electrons. The predicted octanol–water partition coefficient (Wildman–Crippen LogP) is 3.27. The van der Waals surface area contributed by atoms with Crippen LogP contribution in [0.1, 0.15) is 0 Å². The lowest BCUT2D eigenvalue weighted by molar-refractivity contribution is -0.393. The maximum atomic E-state index is 11.1. The molecule has 0 spiro atoms. The van der Waals surface area contributed by atoms with E-state index in [0.29, 0.717) is 5.69 Å². The summed E-state index contributed by atoms with van der Waals surface area (Å²) in [5, 5.41) is 21.8. The molecule has 0 N–H and O–H groups in total. The van der Waals surface area contributed by atoms with Crippen molar-refractivity contribution in [1.82, 2.24) is 0 Å². The molecule has 20 heavy (non-hydrogen) atoms. The molecule has 0 saturated carbocycles. The average molecular weight is 273 g/mol. The van der Waals surface area contributed by atoms with Crippen molar-refractivity contribution in [3.8, 4) is 0 Å². The fourth-order valence-corrected chi connectivity index (χ4v) is 1.85. The van der Waals surface area contributed by atoms with E-state index in [1.807, 2.05) is 18.2 Å². The predicted molar refractivity (Wildman–Crippen MR) is 74.3 cm³/mol. The van der Waals surface area contributed by atoms with Crippen LogP contribution in [-0.4, -0.2) is 16.9 Å². The Morgan fingerprint density at radius 2 is 1.60 bits per heavy atom. The quantitative estimate of drug-likeness (QED) is 0.630. The number of nitrogens with zero attached hydrogens (tertiary/aromatic N) is 3. The summed E-state index contributed by atoms with van der Waals surface area (Å²) in [4.78, 5) is 22.1. The highest BCUT2D eigenvalue weighted by Crippen LogP contribution is 2.34. The minimum absolute atomic E-state index is 0.298. The molecule has 2 rings (SSSR count). The molecular weight excluding hydrogens is 262 g/mol. The lowest BCUT2D eigenvalue weighted by Gasteiger charge is -2.18. The minimum Gasteiger partial charge on any atom is -0.339 e. The molecule has 0 heterocycles. The Morgan fingerprint density at radius 1 is 0.950 bits per heavy atom. The third-order valence-electron chi connectivity index (χ3n) is 2.87. The zero-order valence-electron chi connectivity index (χ0n) is 10.6. The van der Waals surface area contributed by atoms with Gasteiger partial charge in [-0.3, -0.25) is 20.2 Å². The highest BCUT2D eigenvalue weighted by molar-refractivity contribution is 5.73. The van der Waals surface area contributed by atoms with E-state index in [4.69, 9.17) is 0 Å². The Hall–Kier alpha value is -2.96. The van der Waals surface area contributed by atoms with Crippen molar-refractivity contribution in [2.75, 3.05) is 11.9 Å². The first-order chi connectivity index (χ1) is 9.50. The van der Waals surface area contributed by atoms with E-state index in [1.165, 1.54) is 12.1 Å². The summed E-state index contributed by atoms with van der Waals surface area (Å²) in [6.45, 7) is 0. The van der Waals surface area contributed by atoms with Gasteiger partial charge < -0.3 is 4.90 Å². The van der Waals surface area contributed by atoms with Crippen LogP contribution in [0.4, 0.5) is 22.7 Å². The average Bonchev–Trinajstić information content (AvgIpc) is 2.46. The van der Waals surface area contributed by atoms with Crippen LogP contribution in [0.3, 0.4) is 0 Å². The maximum absolute atomic E-state index is 11.1. The van der Waals surface area contributed by atoms with Crippen molar-refractivity contribution in [2.24, 2.45) is 0 Å². The van der Waals surface area contributed by atoms with Gasteiger partial charge in [0.1, 0.15) is 5.69 Å². The molecule has 0 radical (unpaired) electrons. The number of non-ortho nitro benzene ring substituents is 1. The SMILES string of the molecule is CN(c1ccccc1)c1ccc([N+](=O)[O-])cc1[N+](=O)[O-]. The number of benzene rings is 2. The Balaban J connectivity index is 2.51. The molecule has 2 aromatic rings. The van der Waals surface area contributed by atoms with Gasteiger partial charge in [0, 0.05) is 18.8 Å². The topological polar surface area (TPSA) is 89.5 Å². The summed E-state index contributed by atoms with van der Waals surface area (Å²) >= 11 is 0. The van der Waals surface area contributed by atoms with Crippen LogP contribution in [-0.2, 0) is 0 Å². The monoisotopic (exact) mass is 273 g/mol. The highest BCUT2D eigenvalue weighted by atomic mass is 16.6. The van der Waals surface area contributed by atoms with E-state index < -0.39 is 9.85 Å². The van der Waals surface area contributed by atoms with Crippen LogP contribution in [0.25, 0.3) is 0 Å². The molecule has 7 nitrogen and oxygen atoms in total. The second kappa shape index (κ2) is 5.35. The van der Waals surface area contributed by atoms with Crippen molar-refractivity contribution < 1.29 is 9.85 Å². The van der Waals surface area contributed by atoms with Gasteiger partial charge in [0.25, 0.3) is 11.4 Å². The third kappa shape index (κ3) is 2.56. The van der Waals surface area contributed by atoms with Gasteiger partial charge in [-0.05, 0) is 18.2 Å². The molecule has 0 saturated heterocycles. The largest absolute Gasteiger partial charge is 0.339 e. The Kier molecular flexibility index (Phi) is 3.60. The van der Waals surface area contributed by atoms with Crippen LogP contribution in [0.5, 0.6) is 0 Å². The van der Waals surface area contributed by atoms with Gasteiger partial charge in [-0.25, -0.2) is 0 Å². The smallest absolute Gasteiger partial charge is 0.299 e. The Bertz CT molecular complexity index is 658. The summed E-state index contributed by atoms with van der Waals surface area (Å²) in [5.41, 5.74) is 0.448. The highest BCUT2D eigenvalue weighted by Gasteiger charge is 2.22. The summed E-state index contributed by atoms with van der Waals surface area (Å²) in [7, 11) is 1.67. The minimum atomic E-state index is -0.653. The molecule has 0 aliphatic rings. The molecule has 0 amide bonds. The van der Waals surface area contributed by atoms with Gasteiger partial charge in [-0.2, -0.15) is 0 Å². The molecule has 2 aromatic carbocycles. The van der Waals surface area contributed by atoms with E-state index in [-0.39, 0.29) is 11.4 Å². The summed E-state index contributed by atoms with van der Waals surface area (Å²) < 4.78 is 0. The Labute approximate surface area is 114 Å². The molecule has 0 unspecified atom stereocenters. The van der Waals surface area contributed by atoms with Gasteiger partial charge in [-0.15, -0.1) is 0 Å². The number of hydrogen-bond donors (Lipinski definition) is 0. The van der Waals surface area contributed by atoms with Gasteiger partial charge in [0.15, 0.2) is 0 Å². The van der Waals surface area contributed by atoms with Crippen LogP contribution in [0.15, 0.2) is 48.5 Å². The van der Waals surface area contributed by atoms with Crippen LogP contribution >= 0.6 is 0 Å². The fourth-order valence-electron chi connectivity index (χ4n) is 1.85. The first-order valence-electron chi connectivity index (χ1n) is 5.72. The van der Waals surface area contributed by atoms with Crippen molar-refractivity contribution in [2.45, 2.75) is 0 Å². The summed E-state index contributed by atoms with van der Waals surface area (Å²) in [6.07, 6.45) is 0. The molecule has 0 aliphatic heterocycles. The van der Waals surface area contributed by atoms with Gasteiger partial charge in [0.05, 0.1) is 15.9 Å². The van der Waals surface area contributed by atoms with Crippen molar-refractivity contribution in [3.63, 3.8) is 0 Å². The number of nitro benzene ring substituents is 2. The number of rotatable bonds is 4. The van der Waals surface area contributed by atoms with Crippen LogP contribution in [0, 0.1) is 20.2 Å². The maximum Gasteiger partial charge on any atom is 0.299 e. The lowest BCUT2D eigenvalue weighted by Crippen LogP contribution is -2.11. The van der Waals surface area contributed by atoms with Gasteiger partial charge >= 0.3 is 0 Å². The molecule has 0 atom stereocenters. The number of anilines is 2. The normalized spacial score (nSPS) is 10.1. The zero-order valence-corrected chi connectivity index (χ0v) is 10.6. The second-order valence-corrected chi connectivity index (χ2v) is 4.08.